The van der Waals surface area contributed by atoms with E-state index < -0.39 is 0 Å². The standard InChI is InChI=1S/C23H30N4O2/c28-17-21-25-19-8-2-3-9-20(19)27(21)15-12-24-22(29)16-23(10-4-1-5-11-23)18-26-13-6-7-14-26/h2-3,6-9,13-14,28H,1,4-5,10-12,15-18H2,(H,24,29). The van der Waals surface area contributed by atoms with Gasteiger partial charge in [0.2, 0.25) is 5.91 Å². The van der Waals surface area contributed by atoms with Crippen molar-refractivity contribution in [2.24, 2.45) is 5.41 Å². The van der Waals surface area contributed by atoms with Crippen LogP contribution in [0.25, 0.3) is 11.0 Å². The van der Waals surface area contributed by atoms with E-state index in [1.807, 2.05) is 41.0 Å². The van der Waals surface area contributed by atoms with Crippen molar-refractivity contribution in [2.75, 3.05) is 6.54 Å². The first-order chi connectivity index (χ1) is 14.2. The van der Waals surface area contributed by atoms with E-state index in [9.17, 15) is 9.90 Å². The lowest BCUT2D eigenvalue weighted by molar-refractivity contribution is -0.124. The second-order valence-corrected chi connectivity index (χ2v) is 8.27. The van der Waals surface area contributed by atoms with Crippen molar-refractivity contribution in [1.29, 1.82) is 0 Å². The Labute approximate surface area is 171 Å². The van der Waals surface area contributed by atoms with E-state index in [1.54, 1.807) is 0 Å². The van der Waals surface area contributed by atoms with Crippen LogP contribution in [0.3, 0.4) is 0 Å². The van der Waals surface area contributed by atoms with Crippen molar-refractivity contribution in [3.63, 3.8) is 0 Å². The summed E-state index contributed by atoms with van der Waals surface area (Å²) < 4.78 is 4.20. The minimum Gasteiger partial charge on any atom is -0.388 e. The van der Waals surface area contributed by atoms with Gasteiger partial charge in [-0.2, -0.15) is 0 Å². The predicted octanol–water partition coefficient (Wildman–Crippen LogP) is 3.49. The maximum Gasteiger partial charge on any atom is 0.220 e. The van der Waals surface area contributed by atoms with Crippen LogP contribution in [0, 0.1) is 5.41 Å². The number of imidazole rings is 1. The highest BCUT2D eigenvalue weighted by Crippen LogP contribution is 2.40. The minimum absolute atomic E-state index is 0.0549. The molecule has 6 heteroatoms. The lowest BCUT2D eigenvalue weighted by atomic mass is 9.71. The number of aromatic nitrogens is 3. The average molecular weight is 395 g/mol. The highest BCUT2D eigenvalue weighted by Gasteiger charge is 2.34. The highest BCUT2D eigenvalue weighted by molar-refractivity contribution is 5.77. The second-order valence-electron chi connectivity index (χ2n) is 8.27. The van der Waals surface area contributed by atoms with Gasteiger partial charge >= 0.3 is 0 Å². The smallest absolute Gasteiger partial charge is 0.220 e. The lowest BCUT2D eigenvalue weighted by Gasteiger charge is -2.37. The topological polar surface area (TPSA) is 72.1 Å². The summed E-state index contributed by atoms with van der Waals surface area (Å²) >= 11 is 0. The quantitative estimate of drug-likeness (QED) is 0.614. The molecule has 2 aromatic heterocycles. The van der Waals surface area contributed by atoms with Gasteiger partial charge < -0.3 is 19.6 Å². The number of para-hydroxylation sites is 2. The Balaban J connectivity index is 1.38. The van der Waals surface area contributed by atoms with Gasteiger partial charge in [0.15, 0.2) is 0 Å². The van der Waals surface area contributed by atoms with Crippen LogP contribution in [0.15, 0.2) is 48.8 Å². The van der Waals surface area contributed by atoms with E-state index >= 15 is 0 Å². The van der Waals surface area contributed by atoms with Gasteiger partial charge in [0.1, 0.15) is 12.4 Å². The van der Waals surface area contributed by atoms with Crippen LogP contribution in [-0.2, 0) is 24.5 Å². The first-order valence-electron chi connectivity index (χ1n) is 10.6. The molecule has 154 valence electrons. The number of benzene rings is 1. The lowest BCUT2D eigenvalue weighted by Crippen LogP contribution is -2.37. The monoisotopic (exact) mass is 394 g/mol. The van der Waals surface area contributed by atoms with Crippen molar-refractivity contribution in [3.05, 3.63) is 54.6 Å². The number of carbonyl (C=O) groups is 1. The fraction of sp³-hybridized carbons (Fsp3) is 0.478. The van der Waals surface area contributed by atoms with E-state index in [0.717, 1.165) is 30.4 Å². The largest absolute Gasteiger partial charge is 0.388 e. The minimum atomic E-state index is -0.109. The second kappa shape index (κ2) is 8.82. The summed E-state index contributed by atoms with van der Waals surface area (Å²) in [7, 11) is 0. The van der Waals surface area contributed by atoms with Crippen molar-refractivity contribution in [1.82, 2.24) is 19.4 Å². The Morgan fingerprint density at radius 3 is 2.62 bits per heavy atom. The molecular weight excluding hydrogens is 364 g/mol. The van der Waals surface area contributed by atoms with E-state index in [4.69, 9.17) is 0 Å². The van der Waals surface area contributed by atoms with Gasteiger partial charge in [-0.1, -0.05) is 31.4 Å². The Kier molecular flexibility index (Phi) is 6.00. The zero-order valence-electron chi connectivity index (χ0n) is 16.9. The summed E-state index contributed by atoms with van der Waals surface area (Å²) in [6.45, 7) is 1.94. The summed E-state index contributed by atoms with van der Waals surface area (Å²) in [6.07, 6.45) is 10.7. The summed E-state index contributed by atoms with van der Waals surface area (Å²) in [6, 6.07) is 11.9. The van der Waals surface area contributed by atoms with Crippen molar-refractivity contribution >= 4 is 16.9 Å². The van der Waals surface area contributed by atoms with E-state index in [-0.39, 0.29) is 17.9 Å². The number of aliphatic hydroxyl groups excluding tert-OH is 1. The molecule has 0 atom stereocenters. The normalized spacial score (nSPS) is 16.2. The van der Waals surface area contributed by atoms with Crippen LogP contribution in [-0.4, -0.2) is 31.7 Å². The molecule has 0 unspecified atom stereocenters. The highest BCUT2D eigenvalue weighted by atomic mass is 16.3. The summed E-state index contributed by atoms with van der Waals surface area (Å²) in [5, 5.41) is 12.7. The molecule has 6 nitrogen and oxygen atoms in total. The molecule has 0 saturated heterocycles. The summed E-state index contributed by atoms with van der Waals surface area (Å²) in [5.74, 6) is 0.755. The molecule has 4 rings (SSSR count). The maximum absolute atomic E-state index is 12.8. The number of fused-ring (bicyclic) bond motifs is 1. The van der Waals surface area contributed by atoms with Crippen molar-refractivity contribution in [3.8, 4) is 0 Å². The Hall–Kier alpha value is -2.60. The summed E-state index contributed by atoms with van der Waals surface area (Å²) in [5.41, 5.74) is 1.91. The van der Waals surface area contributed by atoms with Crippen LogP contribution >= 0.6 is 0 Å². The predicted molar refractivity (Wildman–Crippen MR) is 113 cm³/mol. The molecular formula is C23H30N4O2. The van der Waals surface area contributed by atoms with E-state index in [0.29, 0.717) is 25.3 Å². The molecule has 0 aliphatic heterocycles. The number of rotatable bonds is 8. The van der Waals surface area contributed by atoms with Gasteiger partial charge in [-0.05, 0) is 42.5 Å². The molecule has 1 fully saturated rings. The fourth-order valence-corrected chi connectivity index (χ4v) is 4.76. The first-order valence-corrected chi connectivity index (χ1v) is 10.6. The molecule has 2 N–H and O–H groups in total. The third kappa shape index (κ3) is 4.53. The van der Waals surface area contributed by atoms with E-state index in [1.165, 1.54) is 19.3 Å². The number of amides is 1. The van der Waals surface area contributed by atoms with Gasteiger partial charge in [-0.3, -0.25) is 4.79 Å². The molecule has 1 aromatic carbocycles. The first kappa shape index (κ1) is 19.7. The van der Waals surface area contributed by atoms with Gasteiger partial charge in [0.25, 0.3) is 0 Å². The molecule has 0 spiro atoms. The number of nitrogens with zero attached hydrogens (tertiary/aromatic N) is 3. The third-order valence-electron chi connectivity index (χ3n) is 6.17. The van der Waals surface area contributed by atoms with Crippen LogP contribution in [0.5, 0.6) is 0 Å². The molecule has 1 amide bonds. The Morgan fingerprint density at radius 1 is 1.10 bits per heavy atom. The number of nitrogens with one attached hydrogen (secondary N) is 1. The summed E-state index contributed by atoms with van der Waals surface area (Å²) in [4.78, 5) is 17.3. The average Bonchev–Trinajstić information content (AvgIpc) is 3.36. The Morgan fingerprint density at radius 2 is 1.86 bits per heavy atom. The van der Waals surface area contributed by atoms with Crippen molar-refractivity contribution < 1.29 is 9.90 Å². The van der Waals surface area contributed by atoms with Gasteiger partial charge in [-0.15, -0.1) is 0 Å². The molecule has 3 aromatic rings. The number of hydrogen-bond donors (Lipinski definition) is 2. The molecule has 0 bridgehead atoms. The van der Waals surface area contributed by atoms with Crippen molar-refractivity contribution in [2.45, 2.75) is 58.2 Å². The van der Waals surface area contributed by atoms with Gasteiger partial charge in [-0.25, -0.2) is 4.98 Å². The SMILES string of the molecule is O=C(CC1(Cn2cccc2)CCCCC1)NCCn1c(CO)nc2ccccc21. The van der Waals surface area contributed by atoms with Crippen LogP contribution in [0.2, 0.25) is 0 Å². The zero-order valence-corrected chi connectivity index (χ0v) is 16.9. The molecule has 1 aliphatic rings. The van der Waals surface area contributed by atoms with E-state index in [2.05, 4.69) is 27.3 Å². The Bertz CT molecular complexity index is 939. The fourth-order valence-electron chi connectivity index (χ4n) is 4.76. The molecule has 1 aliphatic carbocycles. The van der Waals surface area contributed by atoms with Crippen LogP contribution < -0.4 is 5.32 Å². The number of hydrogen-bond acceptors (Lipinski definition) is 3. The van der Waals surface area contributed by atoms with Gasteiger partial charge in [0, 0.05) is 38.4 Å². The molecule has 2 heterocycles. The number of carbonyl (C=O) groups excluding carboxylic acids is 1. The van der Waals surface area contributed by atoms with Crippen LogP contribution in [0.1, 0.15) is 44.3 Å². The molecule has 1 saturated carbocycles. The maximum atomic E-state index is 12.8. The molecule has 29 heavy (non-hydrogen) atoms. The van der Waals surface area contributed by atoms with Gasteiger partial charge in [0.05, 0.1) is 11.0 Å². The molecule has 0 radical (unpaired) electrons. The number of aliphatic hydroxyl groups is 1. The zero-order chi connectivity index (χ0) is 20.1. The third-order valence-corrected chi connectivity index (χ3v) is 6.17. The van der Waals surface area contributed by atoms with Crippen LogP contribution in [0.4, 0.5) is 0 Å².